The maximum Gasteiger partial charge on any atom is 0.319 e. The van der Waals surface area contributed by atoms with Crippen LogP contribution in [0.4, 0.5) is 10.5 Å². The lowest BCUT2D eigenvalue weighted by Gasteiger charge is -2.09. The van der Waals surface area contributed by atoms with Crippen molar-refractivity contribution < 1.29 is 9.53 Å². The highest BCUT2D eigenvalue weighted by Crippen LogP contribution is 2.22. The van der Waals surface area contributed by atoms with Gasteiger partial charge in [-0.05, 0) is 54.1 Å². The van der Waals surface area contributed by atoms with Gasteiger partial charge >= 0.3 is 6.03 Å². The summed E-state index contributed by atoms with van der Waals surface area (Å²) in [5.74, 6) is 1.48. The Morgan fingerprint density at radius 1 is 0.875 bits per heavy atom. The molecule has 120 valence electrons. The maximum atomic E-state index is 11.9. The molecule has 3 aromatic rings. The average Bonchev–Trinajstić information content (AvgIpc) is 2.63. The molecule has 2 N–H and O–H groups in total. The van der Waals surface area contributed by atoms with E-state index in [-0.39, 0.29) is 6.03 Å². The molecule has 0 unspecified atom stereocenters. The third-order valence-corrected chi connectivity index (χ3v) is 3.29. The van der Waals surface area contributed by atoms with Crippen molar-refractivity contribution in [1.82, 2.24) is 10.3 Å². The Kier molecular flexibility index (Phi) is 5.04. The Morgan fingerprint density at radius 3 is 2.25 bits per heavy atom. The van der Waals surface area contributed by atoms with Crippen molar-refractivity contribution in [3.05, 3.63) is 84.7 Å². The molecule has 5 nitrogen and oxygen atoms in total. The molecule has 0 radical (unpaired) electrons. The molecule has 0 aliphatic rings. The van der Waals surface area contributed by atoms with E-state index >= 15 is 0 Å². The van der Waals surface area contributed by atoms with Crippen LogP contribution < -0.4 is 15.4 Å². The van der Waals surface area contributed by atoms with Gasteiger partial charge in [0.15, 0.2) is 0 Å². The van der Waals surface area contributed by atoms with Crippen LogP contribution in [0, 0.1) is 0 Å². The Hall–Kier alpha value is -3.34. The summed E-state index contributed by atoms with van der Waals surface area (Å²) in [4.78, 5) is 15.8. The number of pyridine rings is 1. The number of carbonyl (C=O) groups is 1. The molecule has 0 fully saturated rings. The molecule has 0 saturated heterocycles. The molecule has 0 bridgehead atoms. The first-order valence-corrected chi connectivity index (χ1v) is 7.56. The normalized spacial score (nSPS) is 10.0. The summed E-state index contributed by atoms with van der Waals surface area (Å²) < 4.78 is 5.71. The summed E-state index contributed by atoms with van der Waals surface area (Å²) in [6, 6.07) is 20.2. The van der Waals surface area contributed by atoms with E-state index in [1.54, 1.807) is 24.5 Å². The van der Waals surface area contributed by atoms with Gasteiger partial charge < -0.3 is 15.4 Å². The Bertz CT molecular complexity index is 775. The standard InChI is InChI=1S/C19H17N3O2/c23-19(21-14-15-10-12-20-13-11-15)22-16-6-8-18(9-7-16)24-17-4-2-1-3-5-17/h1-13H,14H2,(H2,21,22,23). The monoisotopic (exact) mass is 319 g/mol. The Morgan fingerprint density at radius 2 is 1.54 bits per heavy atom. The number of para-hydroxylation sites is 1. The lowest BCUT2D eigenvalue weighted by Crippen LogP contribution is -2.28. The summed E-state index contributed by atoms with van der Waals surface area (Å²) in [6.07, 6.45) is 3.39. The molecule has 2 aromatic carbocycles. The molecular formula is C19H17N3O2. The van der Waals surface area contributed by atoms with E-state index in [1.807, 2.05) is 54.6 Å². The summed E-state index contributed by atoms with van der Waals surface area (Å²) in [6.45, 7) is 0.448. The number of amides is 2. The molecule has 0 saturated carbocycles. The van der Waals surface area contributed by atoms with Crippen molar-refractivity contribution in [2.75, 3.05) is 5.32 Å². The molecule has 0 aliphatic heterocycles. The molecule has 1 aromatic heterocycles. The predicted molar refractivity (Wildman–Crippen MR) is 93.1 cm³/mol. The van der Waals surface area contributed by atoms with Crippen molar-refractivity contribution >= 4 is 11.7 Å². The van der Waals surface area contributed by atoms with E-state index in [9.17, 15) is 4.79 Å². The van der Waals surface area contributed by atoms with Crippen LogP contribution in [0.1, 0.15) is 5.56 Å². The number of benzene rings is 2. The minimum Gasteiger partial charge on any atom is -0.457 e. The van der Waals surface area contributed by atoms with E-state index in [1.165, 1.54) is 0 Å². The number of hydrogen-bond acceptors (Lipinski definition) is 3. The van der Waals surface area contributed by atoms with Crippen LogP contribution in [0.2, 0.25) is 0 Å². The molecule has 3 rings (SSSR count). The van der Waals surface area contributed by atoms with Crippen LogP contribution in [-0.4, -0.2) is 11.0 Å². The fourth-order valence-electron chi connectivity index (χ4n) is 2.09. The molecule has 5 heteroatoms. The first-order valence-electron chi connectivity index (χ1n) is 7.56. The number of nitrogens with one attached hydrogen (secondary N) is 2. The van der Waals surface area contributed by atoms with Crippen molar-refractivity contribution in [3.8, 4) is 11.5 Å². The van der Waals surface area contributed by atoms with Crippen molar-refractivity contribution in [2.24, 2.45) is 0 Å². The fraction of sp³-hybridized carbons (Fsp3) is 0.0526. The minimum atomic E-state index is -0.261. The lowest BCUT2D eigenvalue weighted by atomic mass is 10.3. The quantitative estimate of drug-likeness (QED) is 0.741. The molecule has 24 heavy (non-hydrogen) atoms. The van der Waals surface area contributed by atoms with Gasteiger partial charge in [0.05, 0.1) is 0 Å². The zero-order valence-electron chi connectivity index (χ0n) is 13.0. The summed E-state index contributed by atoms with van der Waals surface area (Å²) in [7, 11) is 0. The average molecular weight is 319 g/mol. The number of anilines is 1. The Labute approximate surface area is 140 Å². The van der Waals surface area contributed by atoms with Crippen LogP contribution in [0.15, 0.2) is 79.1 Å². The van der Waals surface area contributed by atoms with Crippen LogP contribution >= 0.6 is 0 Å². The van der Waals surface area contributed by atoms with Gasteiger partial charge in [0, 0.05) is 24.6 Å². The number of aromatic nitrogens is 1. The van der Waals surface area contributed by atoms with E-state index in [4.69, 9.17) is 4.74 Å². The Balaban J connectivity index is 1.51. The molecule has 0 aliphatic carbocycles. The summed E-state index contributed by atoms with van der Waals surface area (Å²) in [5, 5.41) is 5.57. The number of carbonyl (C=O) groups excluding carboxylic acids is 1. The first kappa shape index (κ1) is 15.6. The molecule has 0 spiro atoms. The first-order chi connectivity index (χ1) is 11.8. The second-order valence-electron chi connectivity index (χ2n) is 5.10. The number of urea groups is 1. The van der Waals surface area contributed by atoms with Gasteiger partial charge in [0.1, 0.15) is 11.5 Å². The van der Waals surface area contributed by atoms with E-state index < -0.39 is 0 Å². The minimum absolute atomic E-state index is 0.261. The van der Waals surface area contributed by atoms with Gasteiger partial charge in [-0.25, -0.2) is 4.79 Å². The third-order valence-electron chi connectivity index (χ3n) is 3.29. The van der Waals surface area contributed by atoms with E-state index in [0.717, 1.165) is 11.3 Å². The topological polar surface area (TPSA) is 63.2 Å². The number of rotatable bonds is 5. The highest BCUT2D eigenvalue weighted by molar-refractivity contribution is 5.89. The van der Waals surface area contributed by atoms with Crippen LogP contribution in [0.3, 0.4) is 0 Å². The second-order valence-corrected chi connectivity index (χ2v) is 5.10. The highest BCUT2D eigenvalue weighted by Gasteiger charge is 2.02. The van der Waals surface area contributed by atoms with Crippen molar-refractivity contribution in [3.63, 3.8) is 0 Å². The smallest absolute Gasteiger partial charge is 0.319 e. The van der Waals surface area contributed by atoms with Gasteiger partial charge in [-0.15, -0.1) is 0 Å². The van der Waals surface area contributed by atoms with Gasteiger partial charge in [-0.1, -0.05) is 18.2 Å². The van der Waals surface area contributed by atoms with E-state index in [0.29, 0.717) is 18.0 Å². The van der Waals surface area contributed by atoms with E-state index in [2.05, 4.69) is 15.6 Å². The molecule has 2 amide bonds. The predicted octanol–water partition coefficient (Wildman–Crippen LogP) is 4.20. The fourth-order valence-corrected chi connectivity index (χ4v) is 2.09. The SMILES string of the molecule is O=C(NCc1ccncc1)Nc1ccc(Oc2ccccc2)cc1. The second kappa shape index (κ2) is 7.78. The van der Waals surface area contributed by atoms with Gasteiger partial charge in [-0.2, -0.15) is 0 Å². The molecular weight excluding hydrogens is 302 g/mol. The lowest BCUT2D eigenvalue weighted by molar-refractivity contribution is 0.251. The summed E-state index contributed by atoms with van der Waals surface area (Å²) >= 11 is 0. The summed E-state index contributed by atoms with van der Waals surface area (Å²) in [5.41, 5.74) is 1.69. The zero-order chi connectivity index (χ0) is 16.6. The number of nitrogens with zero attached hydrogens (tertiary/aromatic N) is 1. The maximum absolute atomic E-state index is 11.9. The molecule has 1 heterocycles. The zero-order valence-corrected chi connectivity index (χ0v) is 13.0. The highest BCUT2D eigenvalue weighted by atomic mass is 16.5. The number of hydrogen-bond donors (Lipinski definition) is 2. The van der Waals surface area contributed by atoms with Crippen molar-refractivity contribution in [2.45, 2.75) is 6.54 Å². The van der Waals surface area contributed by atoms with Gasteiger partial charge in [0.2, 0.25) is 0 Å². The van der Waals surface area contributed by atoms with Gasteiger partial charge in [-0.3, -0.25) is 4.98 Å². The number of ether oxygens (including phenoxy) is 1. The van der Waals surface area contributed by atoms with Gasteiger partial charge in [0.25, 0.3) is 0 Å². The van der Waals surface area contributed by atoms with Crippen molar-refractivity contribution in [1.29, 1.82) is 0 Å². The van der Waals surface area contributed by atoms with Crippen LogP contribution in [-0.2, 0) is 6.54 Å². The third kappa shape index (κ3) is 4.58. The van der Waals surface area contributed by atoms with Crippen LogP contribution in [0.25, 0.3) is 0 Å². The van der Waals surface area contributed by atoms with Crippen LogP contribution in [0.5, 0.6) is 11.5 Å². The molecule has 0 atom stereocenters. The largest absolute Gasteiger partial charge is 0.457 e.